The first-order valence-electron chi connectivity index (χ1n) is 25.9. The van der Waals surface area contributed by atoms with Crippen LogP contribution < -0.4 is 0 Å². The molecule has 78 heavy (non-hydrogen) atoms. The van der Waals surface area contributed by atoms with Crippen molar-refractivity contribution < 1.29 is 57.3 Å². The Kier molecular flexibility index (Phi) is 16.9. The highest BCUT2D eigenvalue weighted by molar-refractivity contribution is 6.20. The molecule has 6 aromatic rings. The number of hydroxylamine groups is 2. The Morgan fingerprint density at radius 1 is 0.526 bits per heavy atom. The van der Waals surface area contributed by atoms with E-state index in [1.807, 2.05) is 106 Å². The third-order valence-corrected chi connectivity index (χ3v) is 13.5. The minimum atomic E-state index is -1.20. The van der Waals surface area contributed by atoms with Gasteiger partial charge in [0.05, 0.1) is 17.5 Å². The molecule has 0 spiro atoms. The number of carbonyl (C=O) groups excluding carboxylic acids is 7. The largest absolute Gasteiger partial charge is 0.458 e. The minimum absolute atomic E-state index is 0.0417. The van der Waals surface area contributed by atoms with Gasteiger partial charge in [0.1, 0.15) is 36.5 Å². The summed E-state index contributed by atoms with van der Waals surface area (Å²) in [5.74, 6) is -3.85. The lowest BCUT2D eigenvalue weighted by Gasteiger charge is -2.30. The number of fused-ring (bicyclic) bond motifs is 7. The quantitative estimate of drug-likeness (QED) is 0.0537. The van der Waals surface area contributed by atoms with Crippen LogP contribution in [0.2, 0.25) is 0 Å². The first-order chi connectivity index (χ1) is 37.2. The molecule has 2 heterocycles. The maximum atomic E-state index is 13.3. The fourth-order valence-electron chi connectivity index (χ4n) is 9.83. The number of amides is 4. The number of pyridine rings is 1. The number of benzene rings is 5. The second kappa shape index (κ2) is 23.7. The van der Waals surface area contributed by atoms with E-state index in [1.54, 1.807) is 52.3 Å². The molecule has 2 aliphatic carbocycles. The van der Waals surface area contributed by atoms with Crippen molar-refractivity contribution in [1.29, 1.82) is 0 Å². The van der Waals surface area contributed by atoms with Gasteiger partial charge in [-0.25, -0.2) is 24.0 Å². The highest BCUT2D eigenvalue weighted by atomic mass is 16.7. The summed E-state index contributed by atoms with van der Waals surface area (Å²) in [7, 11) is 2.99. The Bertz CT molecular complexity index is 3090. The fourth-order valence-corrected chi connectivity index (χ4v) is 9.83. The molecule has 0 N–H and O–H groups in total. The van der Waals surface area contributed by atoms with Gasteiger partial charge in [0.25, 0.3) is 11.8 Å². The van der Waals surface area contributed by atoms with Crippen LogP contribution in [0.4, 0.5) is 9.59 Å². The van der Waals surface area contributed by atoms with E-state index in [0.717, 1.165) is 43.8 Å². The topological polar surface area (TPSA) is 188 Å². The van der Waals surface area contributed by atoms with Crippen LogP contribution in [-0.4, -0.2) is 112 Å². The number of ether oxygens (including phenoxy) is 4. The summed E-state index contributed by atoms with van der Waals surface area (Å²) in [5.41, 5.74) is 8.58. The zero-order valence-corrected chi connectivity index (χ0v) is 45.1. The lowest BCUT2D eigenvalue weighted by molar-refractivity contribution is -0.170. The van der Waals surface area contributed by atoms with E-state index in [4.69, 9.17) is 23.8 Å². The number of rotatable bonds is 15. The van der Waals surface area contributed by atoms with Gasteiger partial charge in [0.15, 0.2) is 0 Å². The van der Waals surface area contributed by atoms with E-state index in [-0.39, 0.29) is 42.6 Å². The zero-order chi connectivity index (χ0) is 55.9. The van der Waals surface area contributed by atoms with Crippen molar-refractivity contribution in [3.05, 3.63) is 185 Å². The average Bonchev–Trinajstić information content (AvgIpc) is 4.06. The molecule has 16 heteroatoms. The van der Waals surface area contributed by atoms with Gasteiger partial charge in [0.2, 0.25) is 0 Å². The highest BCUT2D eigenvalue weighted by Crippen LogP contribution is 2.46. The van der Waals surface area contributed by atoms with Crippen molar-refractivity contribution in [2.45, 2.75) is 102 Å². The molecular formula is C62H64N4O12. The van der Waals surface area contributed by atoms with Gasteiger partial charge in [-0.3, -0.25) is 24.4 Å². The van der Waals surface area contributed by atoms with Gasteiger partial charge >= 0.3 is 30.1 Å². The Morgan fingerprint density at radius 3 is 1.27 bits per heavy atom. The number of aryl methyl sites for hydroxylation is 1. The number of imide groups is 1. The van der Waals surface area contributed by atoms with E-state index < -0.39 is 71.6 Å². The summed E-state index contributed by atoms with van der Waals surface area (Å²) in [6, 6.07) is 40.2. The van der Waals surface area contributed by atoms with Gasteiger partial charge in [-0.2, -0.15) is 0 Å². The molecule has 404 valence electrons. The number of esters is 2. The van der Waals surface area contributed by atoms with Crippen LogP contribution in [0, 0.1) is 0 Å². The van der Waals surface area contributed by atoms with Gasteiger partial charge < -0.3 is 23.8 Å². The molecule has 0 radical (unpaired) electrons. The molecule has 0 saturated carbocycles. The van der Waals surface area contributed by atoms with E-state index >= 15 is 0 Å². The Hall–Kier alpha value is -8.66. The number of nitrogens with zero attached hydrogens (tertiary/aromatic N) is 4. The molecule has 1 aliphatic heterocycles. The van der Waals surface area contributed by atoms with Crippen LogP contribution >= 0.6 is 0 Å². The van der Waals surface area contributed by atoms with Crippen molar-refractivity contribution >= 4 is 41.9 Å². The van der Waals surface area contributed by atoms with Crippen LogP contribution in [0.5, 0.6) is 0 Å². The highest BCUT2D eigenvalue weighted by Gasteiger charge is 2.40. The monoisotopic (exact) mass is 1060 g/mol. The third kappa shape index (κ3) is 12.8. The number of aromatic nitrogens is 1. The molecule has 0 unspecified atom stereocenters. The summed E-state index contributed by atoms with van der Waals surface area (Å²) < 4.78 is 22.6. The average molecular weight is 1060 g/mol. The molecule has 16 nitrogen and oxygen atoms in total. The predicted octanol–water partition coefficient (Wildman–Crippen LogP) is 10.7. The Labute approximate surface area is 454 Å². The minimum Gasteiger partial charge on any atom is -0.458 e. The molecule has 0 fully saturated rings. The standard InChI is InChI=1S/C33H32N2O8.C29H32N2O4/c1-33(2,3)42-31(39)27(17-18-28(36)43-35-29(37)24-15-9-10-16-25(24)30(35)38)34(4)32(40)41-19-26-22-13-7-5-11-20(22)21-12-6-8-14-23(21)26;1-29(2,3)35-27(32)26(16-15-20-10-9-17-30-18-20)31(4)28(33)34-19-25-23-13-7-5-11-21(23)22-12-6-8-14-24(22)25/h5-16,26-27H,17-19H2,1-4H3;5-14,17-18,25-26H,15-16,19H2,1-4H3/t27-;26-/m00/s1. The maximum absolute atomic E-state index is 13.3. The zero-order valence-electron chi connectivity index (χ0n) is 45.1. The van der Waals surface area contributed by atoms with Crippen molar-refractivity contribution in [3.63, 3.8) is 0 Å². The van der Waals surface area contributed by atoms with Crippen LogP contribution in [-0.2, 0) is 44.6 Å². The molecule has 5 aromatic carbocycles. The van der Waals surface area contributed by atoms with Gasteiger partial charge in [-0.05, 0) is 129 Å². The van der Waals surface area contributed by atoms with Crippen LogP contribution in [0.15, 0.2) is 146 Å². The summed E-state index contributed by atoms with van der Waals surface area (Å²) in [4.78, 5) is 102. The smallest absolute Gasteiger partial charge is 0.410 e. The first-order valence-corrected chi connectivity index (χ1v) is 25.9. The predicted molar refractivity (Wildman–Crippen MR) is 290 cm³/mol. The Morgan fingerprint density at radius 2 is 0.897 bits per heavy atom. The molecule has 0 saturated heterocycles. The van der Waals surface area contributed by atoms with Crippen molar-refractivity contribution in [3.8, 4) is 22.3 Å². The molecule has 0 bridgehead atoms. The lowest BCUT2D eigenvalue weighted by atomic mass is 9.98. The normalized spacial score (nSPS) is 14.0. The lowest BCUT2D eigenvalue weighted by Crippen LogP contribution is -2.46. The third-order valence-electron chi connectivity index (χ3n) is 13.5. The number of hydrogen-bond donors (Lipinski definition) is 0. The van der Waals surface area contributed by atoms with Crippen LogP contribution in [0.1, 0.15) is 121 Å². The van der Waals surface area contributed by atoms with Crippen molar-refractivity contribution in [2.75, 3.05) is 27.3 Å². The SMILES string of the molecule is CN(C(=O)OCC1c2ccccc2-c2ccccc21)[C@@H](CCC(=O)ON1C(=O)c2ccccc2C1=O)C(=O)OC(C)(C)C.CN(C(=O)OCC1c2ccccc2-c2ccccc21)[C@@H](CCc1cccnc1)C(=O)OC(C)(C)C. The molecular weight excluding hydrogens is 993 g/mol. The van der Waals surface area contributed by atoms with Crippen LogP contribution in [0.3, 0.4) is 0 Å². The van der Waals surface area contributed by atoms with Crippen LogP contribution in [0.25, 0.3) is 22.3 Å². The van der Waals surface area contributed by atoms with Crippen molar-refractivity contribution in [2.24, 2.45) is 0 Å². The molecule has 4 amide bonds. The summed E-state index contributed by atoms with van der Waals surface area (Å²) in [5, 5.41) is 0.407. The Balaban J connectivity index is 0.000000210. The van der Waals surface area contributed by atoms with Gasteiger partial charge in [-0.1, -0.05) is 120 Å². The first kappa shape index (κ1) is 55.6. The molecule has 3 aliphatic rings. The maximum Gasteiger partial charge on any atom is 0.410 e. The molecule has 1 aromatic heterocycles. The molecule has 2 atom stereocenters. The second-order valence-electron chi connectivity index (χ2n) is 21.3. The summed E-state index contributed by atoms with van der Waals surface area (Å²) in [6.07, 6.45) is 2.55. The van der Waals surface area contributed by atoms with E-state index in [9.17, 15) is 33.6 Å². The van der Waals surface area contributed by atoms with E-state index in [1.165, 1.54) is 35.2 Å². The van der Waals surface area contributed by atoms with Crippen molar-refractivity contribution in [1.82, 2.24) is 19.8 Å². The number of hydrogen-bond acceptors (Lipinski definition) is 13. The fraction of sp³-hybridized carbons (Fsp3) is 0.323. The van der Waals surface area contributed by atoms with E-state index in [0.29, 0.717) is 17.9 Å². The molecule has 9 rings (SSSR count). The summed E-state index contributed by atoms with van der Waals surface area (Å²) in [6.45, 7) is 10.7. The van der Waals surface area contributed by atoms with E-state index in [2.05, 4.69) is 29.2 Å². The van der Waals surface area contributed by atoms with Gasteiger partial charge in [-0.15, -0.1) is 0 Å². The second-order valence-corrected chi connectivity index (χ2v) is 21.3. The number of carbonyl (C=O) groups is 7. The summed E-state index contributed by atoms with van der Waals surface area (Å²) >= 11 is 0. The van der Waals surface area contributed by atoms with Gasteiger partial charge in [0, 0.05) is 38.3 Å². The number of likely N-dealkylation sites (N-methyl/N-ethyl adjacent to an activating group) is 2.